The van der Waals surface area contributed by atoms with Gasteiger partial charge in [-0.05, 0) is 24.0 Å². The first-order chi connectivity index (χ1) is 8.36. The summed E-state index contributed by atoms with van der Waals surface area (Å²) in [4.78, 5) is 12.1. The van der Waals surface area contributed by atoms with Gasteiger partial charge in [-0.3, -0.25) is 4.79 Å². The number of hydrogen-bond donors (Lipinski definition) is 1. The molecule has 1 rings (SSSR count). The Kier molecular flexibility index (Phi) is 4.94. The first kappa shape index (κ1) is 14.7. The summed E-state index contributed by atoms with van der Waals surface area (Å²) < 4.78 is 0. The molecule has 2 heteroatoms. The summed E-state index contributed by atoms with van der Waals surface area (Å²) in [5.41, 5.74) is 1.83. The Morgan fingerprint density at radius 1 is 1.28 bits per heavy atom. The standard InChI is InChI=1S/C16H25NO/c1-6-9-12(2)13-10-7-8-11-14(13)17-15(18)16(3,4)5/h7-8,10-12H,6,9H2,1-5H3,(H,17,18)/t12-/m0/s1. The van der Waals surface area contributed by atoms with Crippen molar-refractivity contribution in [3.05, 3.63) is 29.8 Å². The van der Waals surface area contributed by atoms with Crippen molar-refractivity contribution in [1.82, 2.24) is 0 Å². The molecular formula is C16H25NO. The zero-order valence-electron chi connectivity index (χ0n) is 12.2. The molecule has 18 heavy (non-hydrogen) atoms. The van der Waals surface area contributed by atoms with Crippen molar-refractivity contribution in [3.8, 4) is 0 Å². The van der Waals surface area contributed by atoms with Gasteiger partial charge in [-0.15, -0.1) is 0 Å². The van der Waals surface area contributed by atoms with Crippen LogP contribution in [0.25, 0.3) is 0 Å². The topological polar surface area (TPSA) is 29.1 Å². The first-order valence-electron chi connectivity index (χ1n) is 6.76. The number of amides is 1. The SMILES string of the molecule is CCC[C@H](C)c1ccccc1NC(=O)C(C)(C)C. The fraction of sp³-hybridized carbons (Fsp3) is 0.562. The molecule has 0 radical (unpaired) electrons. The summed E-state index contributed by atoms with van der Waals surface area (Å²) in [6, 6.07) is 8.11. The molecule has 1 atom stereocenters. The van der Waals surface area contributed by atoms with Crippen LogP contribution in [-0.4, -0.2) is 5.91 Å². The summed E-state index contributed by atoms with van der Waals surface area (Å²) in [5.74, 6) is 0.546. The highest BCUT2D eigenvalue weighted by Crippen LogP contribution is 2.28. The van der Waals surface area contributed by atoms with Gasteiger partial charge in [-0.1, -0.05) is 59.2 Å². The van der Waals surface area contributed by atoms with Crippen molar-refractivity contribution < 1.29 is 4.79 Å². The predicted molar refractivity (Wildman–Crippen MR) is 77.8 cm³/mol. The van der Waals surface area contributed by atoms with Crippen LogP contribution in [-0.2, 0) is 4.79 Å². The fourth-order valence-corrected chi connectivity index (χ4v) is 1.94. The molecule has 0 heterocycles. The molecule has 1 aromatic rings. The van der Waals surface area contributed by atoms with Crippen molar-refractivity contribution in [2.24, 2.45) is 5.41 Å². The maximum Gasteiger partial charge on any atom is 0.229 e. The van der Waals surface area contributed by atoms with E-state index >= 15 is 0 Å². The Morgan fingerprint density at radius 2 is 1.89 bits per heavy atom. The van der Waals surface area contributed by atoms with Gasteiger partial charge in [-0.25, -0.2) is 0 Å². The lowest BCUT2D eigenvalue weighted by molar-refractivity contribution is -0.123. The van der Waals surface area contributed by atoms with Crippen molar-refractivity contribution in [3.63, 3.8) is 0 Å². The number of rotatable bonds is 4. The van der Waals surface area contributed by atoms with Gasteiger partial charge in [0, 0.05) is 11.1 Å². The van der Waals surface area contributed by atoms with Gasteiger partial charge >= 0.3 is 0 Å². The molecule has 1 N–H and O–H groups in total. The van der Waals surface area contributed by atoms with E-state index in [0.717, 1.165) is 18.5 Å². The molecule has 1 aromatic carbocycles. The molecule has 0 fully saturated rings. The highest BCUT2D eigenvalue weighted by molar-refractivity contribution is 5.95. The number of carbonyl (C=O) groups is 1. The third-order valence-electron chi connectivity index (χ3n) is 3.14. The second-order valence-corrected chi connectivity index (χ2v) is 5.98. The second-order valence-electron chi connectivity index (χ2n) is 5.98. The number of carbonyl (C=O) groups excluding carboxylic acids is 1. The van der Waals surface area contributed by atoms with E-state index < -0.39 is 0 Å². The van der Waals surface area contributed by atoms with Crippen LogP contribution in [0.5, 0.6) is 0 Å². The lowest BCUT2D eigenvalue weighted by atomic mass is 9.93. The molecular weight excluding hydrogens is 222 g/mol. The molecule has 0 saturated heterocycles. The average Bonchev–Trinajstić information content (AvgIpc) is 2.28. The zero-order valence-corrected chi connectivity index (χ0v) is 12.2. The van der Waals surface area contributed by atoms with Crippen molar-refractivity contribution in [2.75, 3.05) is 5.32 Å². The zero-order chi connectivity index (χ0) is 13.8. The molecule has 100 valence electrons. The van der Waals surface area contributed by atoms with Crippen molar-refractivity contribution in [2.45, 2.75) is 53.4 Å². The highest BCUT2D eigenvalue weighted by atomic mass is 16.2. The molecule has 0 bridgehead atoms. The molecule has 0 aliphatic carbocycles. The predicted octanol–water partition coefficient (Wildman–Crippen LogP) is 4.57. The second kappa shape index (κ2) is 6.03. The van der Waals surface area contributed by atoms with E-state index in [1.165, 1.54) is 5.56 Å². The Balaban J connectivity index is 2.92. The molecule has 2 nitrogen and oxygen atoms in total. The van der Waals surface area contributed by atoms with Crippen LogP contribution in [0.4, 0.5) is 5.69 Å². The monoisotopic (exact) mass is 247 g/mol. The van der Waals surface area contributed by atoms with Gasteiger partial charge in [0.2, 0.25) is 5.91 Å². The number of para-hydroxylation sites is 1. The number of benzene rings is 1. The third-order valence-corrected chi connectivity index (χ3v) is 3.14. The van der Waals surface area contributed by atoms with Crippen LogP contribution in [0.2, 0.25) is 0 Å². The van der Waals surface area contributed by atoms with E-state index in [0.29, 0.717) is 5.92 Å². The van der Waals surface area contributed by atoms with Gasteiger partial charge in [-0.2, -0.15) is 0 Å². The number of hydrogen-bond acceptors (Lipinski definition) is 1. The Bertz CT molecular complexity index is 404. The molecule has 0 aromatic heterocycles. The summed E-state index contributed by atoms with van der Waals surface area (Å²) >= 11 is 0. The van der Waals surface area contributed by atoms with Crippen LogP contribution in [0.1, 0.15) is 58.9 Å². The number of nitrogens with one attached hydrogen (secondary N) is 1. The number of anilines is 1. The average molecular weight is 247 g/mol. The third kappa shape index (κ3) is 3.86. The smallest absolute Gasteiger partial charge is 0.229 e. The van der Waals surface area contributed by atoms with Gasteiger partial charge in [0.25, 0.3) is 0 Å². The van der Waals surface area contributed by atoms with Gasteiger partial charge in [0.05, 0.1) is 0 Å². The minimum Gasteiger partial charge on any atom is -0.325 e. The summed E-state index contributed by atoms with van der Waals surface area (Å²) in [7, 11) is 0. The molecule has 0 unspecified atom stereocenters. The van der Waals surface area contributed by atoms with Crippen LogP contribution in [0.3, 0.4) is 0 Å². The highest BCUT2D eigenvalue weighted by Gasteiger charge is 2.22. The Labute approximate surface area is 111 Å². The molecule has 0 aliphatic rings. The van der Waals surface area contributed by atoms with Gasteiger partial charge in [0.15, 0.2) is 0 Å². The van der Waals surface area contributed by atoms with Crippen LogP contribution in [0, 0.1) is 5.41 Å². The van der Waals surface area contributed by atoms with E-state index in [9.17, 15) is 4.79 Å². The molecule has 0 spiro atoms. The normalized spacial score (nSPS) is 13.2. The van der Waals surface area contributed by atoms with Crippen molar-refractivity contribution >= 4 is 11.6 Å². The van der Waals surface area contributed by atoms with E-state index in [1.807, 2.05) is 39.0 Å². The lowest BCUT2D eigenvalue weighted by Crippen LogP contribution is -2.28. The van der Waals surface area contributed by atoms with E-state index in [1.54, 1.807) is 0 Å². The molecule has 0 saturated carbocycles. The van der Waals surface area contributed by atoms with Gasteiger partial charge in [0.1, 0.15) is 0 Å². The fourth-order valence-electron chi connectivity index (χ4n) is 1.94. The summed E-state index contributed by atoms with van der Waals surface area (Å²) in [5, 5.41) is 3.05. The van der Waals surface area contributed by atoms with Crippen LogP contribution >= 0.6 is 0 Å². The minimum absolute atomic E-state index is 0.0682. The van der Waals surface area contributed by atoms with Crippen LogP contribution < -0.4 is 5.32 Å². The molecule has 0 aliphatic heterocycles. The van der Waals surface area contributed by atoms with Crippen molar-refractivity contribution in [1.29, 1.82) is 0 Å². The maximum absolute atomic E-state index is 12.1. The van der Waals surface area contributed by atoms with E-state index in [2.05, 4.69) is 25.2 Å². The molecule has 1 amide bonds. The van der Waals surface area contributed by atoms with E-state index in [-0.39, 0.29) is 11.3 Å². The van der Waals surface area contributed by atoms with Gasteiger partial charge < -0.3 is 5.32 Å². The Morgan fingerprint density at radius 3 is 2.44 bits per heavy atom. The first-order valence-corrected chi connectivity index (χ1v) is 6.76. The van der Waals surface area contributed by atoms with Crippen LogP contribution in [0.15, 0.2) is 24.3 Å². The Hall–Kier alpha value is -1.31. The summed E-state index contributed by atoms with van der Waals surface area (Å²) in [6.45, 7) is 10.2. The minimum atomic E-state index is -0.360. The van der Waals surface area contributed by atoms with E-state index in [4.69, 9.17) is 0 Å². The summed E-state index contributed by atoms with van der Waals surface area (Å²) in [6.07, 6.45) is 2.30. The lowest BCUT2D eigenvalue weighted by Gasteiger charge is -2.21. The quantitative estimate of drug-likeness (QED) is 0.829. The largest absolute Gasteiger partial charge is 0.325 e. The maximum atomic E-state index is 12.1.